The molecule has 10 heteroatoms. The summed E-state index contributed by atoms with van der Waals surface area (Å²) in [6.45, 7) is 10.3. The third kappa shape index (κ3) is 13.6. The average Bonchev–Trinajstić information content (AvgIpc) is 3.05. The van der Waals surface area contributed by atoms with Crippen LogP contribution in [0.25, 0.3) is 0 Å². The lowest BCUT2D eigenvalue weighted by atomic mass is 9.75. The second-order valence-electron chi connectivity index (χ2n) is 13.3. The Morgan fingerprint density at radius 2 is 1.38 bits per heavy atom. The van der Waals surface area contributed by atoms with Gasteiger partial charge in [0, 0.05) is 51.6 Å². The first-order chi connectivity index (χ1) is 23.7. The number of nitrogens with one attached hydrogen (secondary N) is 1. The van der Waals surface area contributed by atoms with E-state index in [1.165, 1.54) is 38.5 Å². The smallest absolute Gasteiger partial charge is 0.303 e. The van der Waals surface area contributed by atoms with Crippen LogP contribution in [0, 0.1) is 19.8 Å². The molecule has 0 saturated heterocycles. The molecular weight excluding hydrogens is 673 g/mol. The Hall–Kier alpha value is -3.62. The van der Waals surface area contributed by atoms with Gasteiger partial charge < -0.3 is 26.1 Å². The number of nitrogens with two attached hydrogens (primary N) is 2. The monoisotopic (exact) mass is 727 g/mol. The fourth-order valence-electron chi connectivity index (χ4n) is 6.26. The number of amides is 1. The summed E-state index contributed by atoms with van der Waals surface area (Å²) in [5.41, 5.74) is 14.2. The van der Waals surface area contributed by atoms with Crippen LogP contribution in [0.2, 0.25) is 10.0 Å². The van der Waals surface area contributed by atoms with Gasteiger partial charge in [0.05, 0.1) is 12.0 Å². The molecule has 0 spiro atoms. The summed E-state index contributed by atoms with van der Waals surface area (Å²) in [5.74, 6) is -2.82. The summed E-state index contributed by atoms with van der Waals surface area (Å²) in [6, 6.07) is 8.71. The van der Waals surface area contributed by atoms with Crippen LogP contribution >= 0.6 is 23.2 Å². The predicted molar refractivity (Wildman–Crippen MR) is 202 cm³/mol. The Bertz CT molecular complexity index is 1490. The fourth-order valence-corrected chi connectivity index (χ4v) is 6.90. The van der Waals surface area contributed by atoms with Crippen molar-refractivity contribution in [1.29, 1.82) is 0 Å². The molecule has 0 aliphatic heterocycles. The predicted octanol–water partition coefficient (Wildman–Crippen LogP) is 7.05. The Morgan fingerprint density at radius 1 is 0.880 bits per heavy atom. The molecule has 0 radical (unpaired) electrons. The van der Waals surface area contributed by atoms with Crippen molar-refractivity contribution in [2.24, 2.45) is 5.92 Å². The van der Waals surface area contributed by atoms with Crippen molar-refractivity contribution < 1.29 is 30.0 Å². The summed E-state index contributed by atoms with van der Waals surface area (Å²) in [7, 11) is 0. The Labute approximate surface area is 308 Å². The maximum Gasteiger partial charge on any atom is 0.303 e. The molecule has 1 aliphatic carbocycles. The number of carbonyl (C=O) groups excluding carboxylic acids is 2. The molecular formula is C40H55Cl2N3O5. The molecule has 0 fully saturated rings. The molecule has 0 bridgehead atoms. The van der Waals surface area contributed by atoms with Crippen molar-refractivity contribution in [3.05, 3.63) is 85.9 Å². The van der Waals surface area contributed by atoms with Crippen LogP contribution in [-0.4, -0.2) is 34.7 Å². The Kier molecular flexibility index (Phi) is 18.4. The number of hydrogen-bond acceptors (Lipinski definition) is 5. The first-order valence-corrected chi connectivity index (χ1v) is 18.5. The van der Waals surface area contributed by atoms with Crippen LogP contribution in [0.3, 0.4) is 0 Å². The maximum atomic E-state index is 11.7. The van der Waals surface area contributed by atoms with Crippen LogP contribution in [0.15, 0.2) is 53.6 Å². The molecule has 2 aromatic rings. The van der Waals surface area contributed by atoms with Gasteiger partial charge in [0.2, 0.25) is 11.6 Å². The van der Waals surface area contributed by atoms with Crippen molar-refractivity contribution in [1.82, 2.24) is 5.32 Å². The van der Waals surface area contributed by atoms with Gasteiger partial charge in [-0.2, -0.15) is 0 Å². The zero-order chi connectivity index (χ0) is 37.4. The minimum absolute atomic E-state index is 0.0257. The van der Waals surface area contributed by atoms with Crippen molar-refractivity contribution >= 4 is 52.4 Å². The van der Waals surface area contributed by atoms with E-state index in [4.69, 9.17) is 39.5 Å². The molecule has 1 aliphatic rings. The number of nitrogen functional groups attached to an aromatic ring is 1. The van der Waals surface area contributed by atoms with Crippen molar-refractivity contribution in [3.63, 3.8) is 0 Å². The summed E-state index contributed by atoms with van der Waals surface area (Å²) < 4.78 is 0. The number of carboxylic acid groups (broad SMARTS) is 2. The van der Waals surface area contributed by atoms with Crippen molar-refractivity contribution in [3.8, 4) is 0 Å². The van der Waals surface area contributed by atoms with Gasteiger partial charge >= 0.3 is 5.97 Å². The Morgan fingerprint density at radius 3 is 1.86 bits per heavy atom. The van der Waals surface area contributed by atoms with Gasteiger partial charge in [-0.3, -0.25) is 15.0 Å². The van der Waals surface area contributed by atoms with Crippen LogP contribution in [0.4, 0.5) is 5.69 Å². The van der Waals surface area contributed by atoms with E-state index in [0.29, 0.717) is 10.0 Å². The molecule has 1 amide bonds. The summed E-state index contributed by atoms with van der Waals surface area (Å²) in [6.07, 6.45) is 14.5. The quantitative estimate of drug-likeness (QED) is 0.0952. The zero-order valence-electron chi connectivity index (χ0n) is 30.2. The van der Waals surface area contributed by atoms with E-state index in [0.717, 1.165) is 64.1 Å². The highest BCUT2D eigenvalue weighted by molar-refractivity contribution is 6.36. The zero-order valence-corrected chi connectivity index (χ0v) is 31.8. The van der Waals surface area contributed by atoms with Crippen LogP contribution < -0.4 is 21.6 Å². The largest absolute Gasteiger partial charge is 0.548 e. The molecule has 0 heterocycles. The van der Waals surface area contributed by atoms with Gasteiger partial charge in [-0.05, 0) is 74.9 Å². The minimum atomic E-state index is -1.44. The van der Waals surface area contributed by atoms with Gasteiger partial charge in [-0.1, -0.05) is 112 Å². The number of carboxylic acids is 2. The number of aliphatic carboxylic acids is 2. The van der Waals surface area contributed by atoms with Gasteiger partial charge in [0.25, 0.3) is 0 Å². The second-order valence-corrected chi connectivity index (χ2v) is 14.1. The molecule has 2 atom stereocenters. The molecule has 8 nitrogen and oxygen atoms in total. The molecule has 3 rings (SSSR count). The highest BCUT2D eigenvalue weighted by Gasteiger charge is 2.30. The molecule has 0 aromatic heterocycles. The number of aryl methyl sites for hydroxylation is 2. The first-order valence-electron chi connectivity index (χ1n) is 17.7. The molecule has 6 N–H and O–H groups in total. The fraction of sp³-hybridized carbons (Fsp3) is 0.500. The van der Waals surface area contributed by atoms with Crippen molar-refractivity contribution in [2.45, 2.75) is 124 Å². The molecule has 2 aromatic carbocycles. The van der Waals surface area contributed by atoms with E-state index in [-0.39, 0.29) is 37.0 Å². The van der Waals surface area contributed by atoms with Gasteiger partial charge in [-0.15, -0.1) is 0 Å². The second kappa shape index (κ2) is 21.6. The van der Waals surface area contributed by atoms with Gasteiger partial charge in [0.1, 0.15) is 0 Å². The number of unbranched alkanes of at least 4 members (excludes halogenated alkanes) is 8. The number of rotatable bonds is 18. The average molecular weight is 729 g/mol. The standard InChI is InChI=1S/C23H24Cl2N2.C17H31NO5/c1-12-8-16(9-13(2)22(12)26)20(21-18(24)6-5-7-19(21)25)17-10-14(3)23(27)15(4)11-17;1-2-3-4-5-6-7-8-9-10-11-15(19)18-14(17(22)23)12-13-16(20)21/h5-11,16,20,26H,27H2,1-4H3;14H,2-13H2,1H3,(H,18,19)(H,20,21)(H,22,23). The van der Waals surface area contributed by atoms with Gasteiger partial charge in [0.15, 0.2) is 0 Å². The third-order valence-electron chi connectivity index (χ3n) is 9.18. The van der Waals surface area contributed by atoms with E-state index < -0.39 is 18.0 Å². The van der Waals surface area contributed by atoms with Crippen LogP contribution in [0.1, 0.15) is 126 Å². The Balaban J connectivity index is 0.000000353. The van der Waals surface area contributed by atoms with E-state index in [2.05, 4.69) is 36.5 Å². The lowest BCUT2D eigenvalue weighted by molar-refractivity contribution is -0.308. The molecule has 2 unspecified atom stereocenters. The molecule has 274 valence electrons. The maximum absolute atomic E-state index is 11.7. The van der Waals surface area contributed by atoms with Crippen molar-refractivity contribution in [2.75, 3.05) is 5.73 Å². The number of carbonyl (C=O) groups is 3. The van der Waals surface area contributed by atoms with Gasteiger partial charge in [-0.25, -0.2) is 0 Å². The minimum Gasteiger partial charge on any atom is -0.548 e. The van der Waals surface area contributed by atoms with E-state index in [1.807, 2.05) is 45.9 Å². The number of benzene rings is 2. The number of halogens is 2. The SMILES string of the molecule is CC1=CC(C(c2cc(C)c(N)c(C)c2)c2c(Cl)cccc2Cl)C=C(C)C1=[NH2+].CCCCCCCCCCCC(=O)NC(CCC(=O)O)C(=O)[O-]. The van der Waals surface area contributed by atoms with Crippen LogP contribution in [0.5, 0.6) is 0 Å². The lowest BCUT2D eigenvalue weighted by Crippen LogP contribution is -2.48. The highest BCUT2D eigenvalue weighted by Crippen LogP contribution is 2.44. The number of anilines is 1. The van der Waals surface area contributed by atoms with E-state index >= 15 is 0 Å². The first kappa shape index (κ1) is 42.5. The molecule has 50 heavy (non-hydrogen) atoms. The number of hydrogen-bond donors (Lipinski definition) is 4. The summed E-state index contributed by atoms with van der Waals surface area (Å²) >= 11 is 13.3. The third-order valence-corrected chi connectivity index (χ3v) is 9.84. The lowest BCUT2D eigenvalue weighted by Gasteiger charge is -2.29. The van der Waals surface area contributed by atoms with Crippen LogP contribution in [-0.2, 0) is 14.4 Å². The normalized spacial score (nSPS) is 14.2. The topological polar surface area (TPSA) is 158 Å². The van der Waals surface area contributed by atoms with E-state index in [1.54, 1.807) is 0 Å². The highest BCUT2D eigenvalue weighted by atomic mass is 35.5. The van der Waals surface area contributed by atoms with E-state index in [9.17, 15) is 19.5 Å². The number of allylic oxidation sites excluding steroid dienone is 4. The summed E-state index contributed by atoms with van der Waals surface area (Å²) in [4.78, 5) is 33.0. The molecule has 0 saturated carbocycles. The summed E-state index contributed by atoms with van der Waals surface area (Å²) in [5, 5.41) is 29.3.